The molecule has 364 valence electrons. The second-order valence-corrected chi connectivity index (χ2v) is 22.4. The number of fused-ring (bicyclic) bond motifs is 2. The van der Waals surface area contributed by atoms with Gasteiger partial charge >= 0.3 is 5.76 Å². The molecule has 3 aromatic carbocycles. The van der Waals surface area contributed by atoms with Crippen LogP contribution in [-0.2, 0) is 27.0 Å². The van der Waals surface area contributed by atoms with Gasteiger partial charge in [0.2, 0.25) is 17.8 Å². The van der Waals surface area contributed by atoms with Crippen LogP contribution in [0.5, 0.6) is 5.75 Å². The summed E-state index contributed by atoms with van der Waals surface area (Å²) in [5, 5.41) is 18.0. The maximum Gasteiger partial charge on any atom is 0.420 e. The van der Waals surface area contributed by atoms with Crippen molar-refractivity contribution in [3.63, 3.8) is 0 Å². The number of piperidine rings is 2. The molecule has 3 aromatic heterocycles. The standard InChI is InChI=1S/C49H58BrFN11O6P/c1-6-29-20-37(57-48-54-25-34(50)46(59-48)56-36-11-10-35-33(45(36)69(4,5)66)9-8-31(7-2)55-35)42(67-3)23-39(29)60-18-14-32(15-19-60)53-17-16-52-24-28-26-61(27-28)40-21-30(51)22-41-44(40)68-49(65)62(41)38-12-13-43(63)58-47(38)64/h8-11,20-23,25,28,32,38,52-53H,6-7,12-19,24,26-27H2,1-5H3,(H,58,63,64)(H2,54,56,57,59). The predicted molar refractivity (Wildman–Crippen MR) is 273 cm³/mol. The first kappa shape index (κ1) is 48.2. The second-order valence-electron chi connectivity index (χ2n) is 18.4. The molecule has 3 aliphatic heterocycles. The molecule has 17 nitrogen and oxygen atoms in total. The molecule has 9 rings (SSSR count). The molecule has 1 atom stereocenters. The summed E-state index contributed by atoms with van der Waals surface area (Å²) in [6.45, 7) is 13.3. The number of nitrogens with one attached hydrogen (secondary N) is 5. The van der Waals surface area contributed by atoms with Gasteiger partial charge in [-0.25, -0.2) is 14.2 Å². The zero-order valence-corrected chi connectivity index (χ0v) is 41.9. The first-order chi connectivity index (χ1) is 33.2. The number of benzene rings is 3. The maximum atomic E-state index is 14.9. The van der Waals surface area contributed by atoms with Crippen molar-refractivity contribution in [2.75, 3.05) is 86.7 Å². The van der Waals surface area contributed by atoms with Gasteiger partial charge in [0.25, 0.3) is 0 Å². The number of nitrogens with zero attached hydrogens (tertiary/aromatic N) is 6. The number of amides is 2. The van der Waals surface area contributed by atoms with Crippen molar-refractivity contribution in [3.05, 3.63) is 86.8 Å². The van der Waals surface area contributed by atoms with E-state index < -0.39 is 36.6 Å². The Morgan fingerprint density at radius 2 is 1.72 bits per heavy atom. The summed E-state index contributed by atoms with van der Waals surface area (Å²) >= 11 is 3.62. The van der Waals surface area contributed by atoms with E-state index in [9.17, 15) is 23.3 Å². The van der Waals surface area contributed by atoms with Crippen LogP contribution in [0, 0.1) is 11.7 Å². The third kappa shape index (κ3) is 10.2. The van der Waals surface area contributed by atoms with E-state index in [-0.39, 0.29) is 23.9 Å². The zero-order chi connectivity index (χ0) is 48.6. The summed E-state index contributed by atoms with van der Waals surface area (Å²) in [7, 11) is -1.08. The smallest absolute Gasteiger partial charge is 0.420 e. The van der Waals surface area contributed by atoms with Crippen LogP contribution < -0.4 is 52.2 Å². The van der Waals surface area contributed by atoms with Gasteiger partial charge in [0.05, 0.1) is 39.7 Å². The number of aryl methyl sites for hydroxylation is 2. The van der Waals surface area contributed by atoms with Crippen LogP contribution in [0.25, 0.3) is 22.0 Å². The number of pyridine rings is 1. The molecule has 3 saturated heterocycles. The van der Waals surface area contributed by atoms with Gasteiger partial charge in [0, 0.05) is 111 Å². The topological polar surface area (TPSA) is 201 Å². The highest BCUT2D eigenvalue weighted by Crippen LogP contribution is 2.43. The van der Waals surface area contributed by atoms with E-state index in [1.54, 1.807) is 26.6 Å². The summed E-state index contributed by atoms with van der Waals surface area (Å²) in [6, 6.07) is 14.1. The fourth-order valence-corrected chi connectivity index (χ4v) is 11.5. The Labute approximate surface area is 407 Å². The van der Waals surface area contributed by atoms with Gasteiger partial charge in [-0.05, 0) is 91.2 Å². The molecule has 6 heterocycles. The number of ether oxygens (including phenoxy) is 1. The number of imide groups is 1. The van der Waals surface area contributed by atoms with E-state index in [2.05, 4.69) is 78.4 Å². The molecule has 5 N–H and O–H groups in total. The second kappa shape index (κ2) is 20.2. The number of methoxy groups -OCH3 is 1. The molecule has 69 heavy (non-hydrogen) atoms. The van der Waals surface area contributed by atoms with E-state index in [0.29, 0.717) is 58.4 Å². The van der Waals surface area contributed by atoms with Gasteiger partial charge in [-0.1, -0.05) is 19.9 Å². The third-order valence-corrected chi connectivity index (χ3v) is 15.4. The molecule has 3 fully saturated rings. The van der Waals surface area contributed by atoms with Gasteiger partial charge in [0.15, 0.2) is 5.58 Å². The third-order valence-electron chi connectivity index (χ3n) is 13.3. The number of halogens is 2. The van der Waals surface area contributed by atoms with Crippen molar-refractivity contribution in [1.82, 2.24) is 35.5 Å². The SMILES string of the molecule is CCc1ccc2c(P(C)(C)=O)c(Nc3nc(Nc4cc(CC)c(N5CCC(NCCNCC6CN(c7cc(F)cc8c7oc(=O)n8C7CCC(=O)NC7=O)C6)CC5)cc4OC)ncc3Br)ccc2n1. The number of carbonyl (C=O) groups is 2. The molecule has 0 radical (unpaired) electrons. The molecule has 20 heteroatoms. The predicted octanol–water partition coefficient (Wildman–Crippen LogP) is 6.97. The average Bonchev–Trinajstić information content (AvgIpc) is 3.64. The Morgan fingerprint density at radius 1 is 0.928 bits per heavy atom. The molecule has 1 unspecified atom stereocenters. The molecule has 0 spiro atoms. The van der Waals surface area contributed by atoms with Crippen LogP contribution in [0.2, 0.25) is 0 Å². The van der Waals surface area contributed by atoms with Crippen LogP contribution >= 0.6 is 23.1 Å². The van der Waals surface area contributed by atoms with Crippen molar-refractivity contribution in [2.24, 2.45) is 5.92 Å². The molecule has 0 aliphatic carbocycles. The Balaban J connectivity index is 0.763. The minimum Gasteiger partial charge on any atom is -0.494 e. The molecular weight excluding hydrogens is 968 g/mol. The highest BCUT2D eigenvalue weighted by atomic mass is 79.9. The molecule has 0 saturated carbocycles. The molecule has 6 aromatic rings. The lowest BCUT2D eigenvalue weighted by molar-refractivity contribution is -0.135. The van der Waals surface area contributed by atoms with Crippen molar-refractivity contribution >= 4 is 96.7 Å². The lowest BCUT2D eigenvalue weighted by atomic mass is 9.98. The number of oxazole rings is 1. The van der Waals surface area contributed by atoms with Gasteiger partial charge in [-0.2, -0.15) is 4.98 Å². The number of aromatic nitrogens is 4. The van der Waals surface area contributed by atoms with Crippen LogP contribution in [0.3, 0.4) is 0 Å². The first-order valence-corrected chi connectivity index (χ1v) is 27.0. The van der Waals surface area contributed by atoms with E-state index in [1.807, 2.05) is 29.2 Å². The van der Waals surface area contributed by atoms with Crippen LogP contribution in [0.15, 0.2) is 68.4 Å². The van der Waals surface area contributed by atoms with E-state index in [4.69, 9.17) is 19.1 Å². The van der Waals surface area contributed by atoms with Gasteiger partial charge in [-0.15, -0.1) is 0 Å². The van der Waals surface area contributed by atoms with Gasteiger partial charge in [0.1, 0.15) is 30.6 Å². The first-order valence-electron chi connectivity index (χ1n) is 23.6. The quantitative estimate of drug-likeness (QED) is 0.0356. The Hall–Kier alpha value is -5.88. The fraction of sp³-hybridized carbons (Fsp3) is 0.429. The average molecular weight is 1030 g/mol. The van der Waals surface area contributed by atoms with Crippen molar-refractivity contribution < 1.29 is 27.7 Å². The number of hydrogen-bond donors (Lipinski definition) is 5. The summed E-state index contributed by atoms with van der Waals surface area (Å²) in [5.41, 5.74) is 6.50. The summed E-state index contributed by atoms with van der Waals surface area (Å²) in [6.07, 6.45) is 5.55. The Morgan fingerprint density at radius 3 is 2.45 bits per heavy atom. The van der Waals surface area contributed by atoms with E-state index >= 15 is 0 Å². The van der Waals surface area contributed by atoms with Crippen LogP contribution in [0.1, 0.15) is 56.8 Å². The van der Waals surface area contributed by atoms with Gasteiger partial charge in [-0.3, -0.25) is 24.5 Å². The molecule has 3 aliphatic rings. The lowest BCUT2D eigenvalue weighted by Crippen LogP contribution is -2.51. The minimum atomic E-state index is -2.75. The summed E-state index contributed by atoms with van der Waals surface area (Å²) in [4.78, 5) is 55.7. The monoisotopic (exact) mass is 1030 g/mol. The van der Waals surface area contributed by atoms with Crippen LogP contribution in [0.4, 0.5) is 38.9 Å². The largest absolute Gasteiger partial charge is 0.494 e. The van der Waals surface area contributed by atoms with Crippen molar-refractivity contribution in [1.29, 1.82) is 0 Å². The van der Waals surface area contributed by atoms with Gasteiger partial charge < -0.3 is 44.8 Å². The number of carbonyl (C=O) groups excluding carboxylic acids is 2. The molecular formula is C49H58BrFN11O6P. The number of rotatable bonds is 17. The maximum absolute atomic E-state index is 14.9. The Kier molecular flexibility index (Phi) is 14.1. The highest BCUT2D eigenvalue weighted by molar-refractivity contribution is 9.10. The Bertz CT molecular complexity index is 3040. The molecule has 2 amide bonds. The highest BCUT2D eigenvalue weighted by Gasteiger charge is 2.35. The van der Waals surface area contributed by atoms with Crippen LogP contribution in [-0.4, -0.2) is 104 Å². The minimum absolute atomic E-state index is 0.0885. The summed E-state index contributed by atoms with van der Waals surface area (Å²) in [5.74, 6) is -0.367. The molecule has 0 bridgehead atoms. The van der Waals surface area contributed by atoms with E-state index in [0.717, 1.165) is 96.3 Å². The summed E-state index contributed by atoms with van der Waals surface area (Å²) < 4.78 is 41.9. The van der Waals surface area contributed by atoms with Crippen molar-refractivity contribution in [3.8, 4) is 5.75 Å². The number of hydrogen-bond acceptors (Lipinski definition) is 15. The van der Waals surface area contributed by atoms with E-state index in [1.165, 1.54) is 17.7 Å². The number of anilines is 6. The fourth-order valence-electron chi connectivity index (χ4n) is 9.76. The lowest BCUT2D eigenvalue weighted by Gasteiger charge is -2.41. The zero-order valence-electron chi connectivity index (χ0n) is 39.5. The normalized spacial score (nSPS) is 17.1. The van der Waals surface area contributed by atoms with Crippen molar-refractivity contribution in [2.45, 2.75) is 64.5 Å².